The van der Waals surface area contributed by atoms with E-state index in [9.17, 15) is 29.4 Å². The van der Waals surface area contributed by atoms with Gasteiger partial charge >= 0.3 is 11.9 Å². The first-order valence-corrected chi connectivity index (χ1v) is 17.1. The van der Waals surface area contributed by atoms with Gasteiger partial charge in [-0.1, -0.05) is 70.1 Å². The molecule has 0 heterocycles. The Morgan fingerprint density at radius 1 is 0.682 bits per heavy atom. The third kappa shape index (κ3) is 12.9. The molecule has 4 atom stereocenters. The third-order valence-electron chi connectivity index (χ3n) is 6.88. The van der Waals surface area contributed by atoms with Crippen LogP contribution < -0.4 is 10.6 Å². The molecule has 0 aromatic heterocycles. The Morgan fingerprint density at radius 2 is 1.05 bits per heavy atom. The minimum Gasteiger partial charge on any atom is -0.464 e. The number of carbonyl (C=O) groups excluding carboxylic acids is 4. The van der Waals surface area contributed by atoms with Crippen molar-refractivity contribution in [2.24, 2.45) is 11.8 Å². The highest BCUT2D eigenvalue weighted by atomic mass is 33.1. The molecule has 1 unspecified atom stereocenters. The number of nitrogens with one attached hydrogen (secondary N) is 2. The van der Waals surface area contributed by atoms with Crippen LogP contribution in [-0.2, 0) is 41.5 Å². The lowest BCUT2D eigenvalue weighted by Crippen LogP contribution is -2.41. The summed E-state index contributed by atoms with van der Waals surface area (Å²) < 4.78 is 9.63. The van der Waals surface area contributed by atoms with E-state index in [1.807, 2.05) is 62.4 Å². The van der Waals surface area contributed by atoms with Crippen LogP contribution in [0.15, 0.2) is 48.5 Å². The van der Waals surface area contributed by atoms with Crippen LogP contribution in [0.3, 0.4) is 0 Å². The quantitative estimate of drug-likeness (QED) is 0.102. The maximum atomic E-state index is 13.2. The van der Waals surface area contributed by atoms with Crippen LogP contribution in [0.1, 0.15) is 36.1 Å². The van der Waals surface area contributed by atoms with Crippen molar-refractivity contribution in [2.45, 2.75) is 52.7 Å². The average molecular weight is 649 g/mol. The fraction of sp³-hybridized carbons (Fsp3) is 0.500. The summed E-state index contributed by atoms with van der Waals surface area (Å²) in [7, 11) is 2.92. The molecule has 2 amide bonds. The van der Waals surface area contributed by atoms with Gasteiger partial charge in [0.15, 0.2) is 12.2 Å². The van der Waals surface area contributed by atoms with Crippen LogP contribution in [0.4, 0.5) is 0 Å². The summed E-state index contributed by atoms with van der Waals surface area (Å²) in [5, 5.41) is 25.4. The monoisotopic (exact) mass is 648 g/mol. The fourth-order valence-corrected chi connectivity index (χ4v) is 6.87. The van der Waals surface area contributed by atoms with E-state index < -0.39 is 36.0 Å². The molecular formula is C32H44N2O8S2. The fourth-order valence-electron chi connectivity index (χ4n) is 4.25. The van der Waals surface area contributed by atoms with E-state index in [1.54, 1.807) is 13.8 Å². The molecule has 242 valence electrons. The van der Waals surface area contributed by atoms with Crippen LogP contribution in [0.5, 0.6) is 0 Å². The van der Waals surface area contributed by atoms with Crippen LogP contribution in [0, 0.1) is 25.7 Å². The number of ether oxygens (including phenoxy) is 2. The molecule has 0 saturated carbocycles. The van der Waals surface area contributed by atoms with E-state index in [0.29, 0.717) is 24.3 Å². The Morgan fingerprint density at radius 3 is 1.39 bits per heavy atom. The number of benzene rings is 2. The van der Waals surface area contributed by atoms with E-state index in [1.165, 1.54) is 21.6 Å². The van der Waals surface area contributed by atoms with E-state index in [-0.39, 0.29) is 38.1 Å². The third-order valence-corrected chi connectivity index (χ3v) is 9.44. The van der Waals surface area contributed by atoms with Crippen molar-refractivity contribution < 1.29 is 38.9 Å². The second-order valence-corrected chi connectivity index (χ2v) is 12.8. The molecule has 0 fully saturated rings. The van der Waals surface area contributed by atoms with Gasteiger partial charge in [0.1, 0.15) is 0 Å². The van der Waals surface area contributed by atoms with Crippen molar-refractivity contribution in [3.05, 3.63) is 70.8 Å². The van der Waals surface area contributed by atoms with Crippen LogP contribution >= 0.6 is 21.6 Å². The summed E-state index contributed by atoms with van der Waals surface area (Å²) in [5.41, 5.74) is 4.13. The number of aryl methyl sites for hydroxylation is 2. The molecule has 2 aromatic carbocycles. The Balaban J connectivity index is 2.07. The molecule has 0 bridgehead atoms. The zero-order valence-electron chi connectivity index (χ0n) is 25.7. The molecule has 0 aliphatic rings. The van der Waals surface area contributed by atoms with Crippen molar-refractivity contribution >= 4 is 45.3 Å². The van der Waals surface area contributed by atoms with E-state index in [4.69, 9.17) is 9.47 Å². The van der Waals surface area contributed by atoms with E-state index in [2.05, 4.69) is 10.6 Å². The largest absolute Gasteiger partial charge is 0.464 e. The first kappa shape index (κ1) is 37.1. The predicted octanol–water partition coefficient (Wildman–Crippen LogP) is 2.78. The van der Waals surface area contributed by atoms with Crippen molar-refractivity contribution in [1.82, 2.24) is 10.6 Å². The summed E-state index contributed by atoms with van der Waals surface area (Å²) >= 11 is 0. The number of aliphatic hydroxyl groups is 2. The van der Waals surface area contributed by atoms with Gasteiger partial charge in [0.25, 0.3) is 0 Å². The molecular weight excluding hydrogens is 604 g/mol. The highest BCUT2D eigenvalue weighted by molar-refractivity contribution is 8.76. The SMILES string of the molecule is CCOC(=O)C(O)CNC(=O)[C@@H](CSSC[C@@H](Cc1ccccc1C)C(=O)NC[C@H](O)C(=O)OCC)Cc1ccccc1C. The van der Waals surface area contributed by atoms with Gasteiger partial charge in [0, 0.05) is 11.5 Å². The Bertz CT molecular complexity index is 1130. The molecule has 4 N–H and O–H groups in total. The van der Waals surface area contributed by atoms with Crippen molar-refractivity contribution in [2.75, 3.05) is 37.8 Å². The summed E-state index contributed by atoms with van der Waals surface area (Å²) in [5.74, 6) is -2.28. The van der Waals surface area contributed by atoms with Crippen LogP contribution in [0.2, 0.25) is 0 Å². The summed E-state index contributed by atoms with van der Waals surface area (Å²) in [6.07, 6.45) is -1.99. The zero-order chi connectivity index (χ0) is 32.5. The number of amides is 2. The lowest BCUT2D eigenvalue weighted by Gasteiger charge is -2.20. The second kappa shape index (κ2) is 20.1. The van der Waals surface area contributed by atoms with Gasteiger partial charge in [-0.05, 0) is 62.8 Å². The smallest absolute Gasteiger partial charge is 0.336 e. The van der Waals surface area contributed by atoms with E-state index in [0.717, 1.165) is 22.3 Å². The summed E-state index contributed by atoms with van der Waals surface area (Å²) in [6, 6.07) is 15.6. The molecule has 12 heteroatoms. The molecule has 0 aliphatic heterocycles. The van der Waals surface area contributed by atoms with Crippen LogP contribution in [0.25, 0.3) is 0 Å². The van der Waals surface area contributed by atoms with Crippen LogP contribution in [-0.4, -0.2) is 84.0 Å². The van der Waals surface area contributed by atoms with Gasteiger partial charge in [0.05, 0.1) is 38.1 Å². The van der Waals surface area contributed by atoms with Gasteiger partial charge < -0.3 is 30.3 Å². The number of hydrogen-bond acceptors (Lipinski definition) is 10. The highest BCUT2D eigenvalue weighted by Crippen LogP contribution is 2.30. The minimum absolute atomic E-state index is 0.127. The van der Waals surface area contributed by atoms with Gasteiger partial charge in [-0.25, -0.2) is 9.59 Å². The number of carbonyl (C=O) groups is 4. The molecule has 44 heavy (non-hydrogen) atoms. The van der Waals surface area contributed by atoms with Crippen molar-refractivity contribution in [3.8, 4) is 0 Å². The molecule has 0 radical (unpaired) electrons. The minimum atomic E-state index is -1.46. The summed E-state index contributed by atoms with van der Waals surface area (Å²) in [4.78, 5) is 50.0. The van der Waals surface area contributed by atoms with Gasteiger partial charge in [-0.15, -0.1) is 0 Å². The number of rotatable bonds is 19. The molecule has 0 aliphatic carbocycles. The summed E-state index contributed by atoms with van der Waals surface area (Å²) in [6.45, 7) is 6.97. The van der Waals surface area contributed by atoms with Crippen molar-refractivity contribution in [3.63, 3.8) is 0 Å². The maximum absolute atomic E-state index is 13.2. The lowest BCUT2D eigenvalue weighted by molar-refractivity contribution is -0.153. The van der Waals surface area contributed by atoms with Gasteiger partial charge in [-0.3, -0.25) is 9.59 Å². The molecule has 2 aromatic rings. The maximum Gasteiger partial charge on any atom is 0.336 e. The highest BCUT2D eigenvalue weighted by Gasteiger charge is 2.26. The van der Waals surface area contributed by atoms with Gasteiger partial charge in [0.2, 0.25) is 11.8 Å². The molecule has 2 rings (SSSR count). The zero-order valence-corrected chi connectivity index (χ0v) is 27.4. The predicted molar refractivity (Wildman–Crippen MR) is 173 cm³/mol. The van der Waals surface area contributed by atoms with Crippen molar-refractivity contribution in [1.29, 1.82) is 0 Å². The molecule has 0 saturated heterocycles. The Hall–Kier alpha value is -3.06. The van der Waals surface area contributed by atoms with E-state index >= 15 is 0 Å². The number of esters is 2. The van der Waals surface area contributed by atoms with Gasteiger partial charge in [-0.2, -0.15) is 0 Å². The average Bonchev–Trinajstić information content (AvgIpc) is 3.01. The lowest BCUT2D eigenvalue weighted by atomic mass is 9.96. The normalized spacial score (nSPS) is 13.7. The Labute approximate surface area is 267 Å². The first-order chi connectivity index (χ1) is 21.1. The topological polar surface area (TPSA) is 151 Å². The number of hydrogen-bond donors (Lipinski definition) is 4. The number of aliphatic hydroxyl groups excluding tert-OH is 2. The standard InChI is InChI=1S/C32H44N2O8S2/c1-5-41-31(39)27(35)17-33-29(37)25(15-23-13-9-7-11-21(23)3)19-43-44-20-26(16-24-14-10-8-12-22(24)4)30(38)34-18-28(36)32(40)42-6-2/h7-14,25-28,35-36H,5-6,15-20H2,1-4H3,(H,33,37)(H,34,38)/t25-,26-,27+,28?/m1/s1. The molecule has 0 spiro atoms. The Kier molecular flexibility index (Phi) is 16.9. The second-order valence-electron chi connectivity index (χ2n) is 10.3. The first-order valence-electron chi connectivity index (χ1n) is 14.6. The molecule has 10 nitrogen and oxygen atoms in total.